The third-order valence-corrected chi connectivity index (χ3v) is 6.52. The van der Waals surface area contributed by atoms with Gasteiger partial charge in [0.1, 0.15) is 6.04 Å². The standard InChI is InChI=1S/C22H32N4O2/c27-21(20-14-23-22(28)26-20)25-19-12-10-18(11-13-19)24-17-8-6-16(7-9-17)15-4-2-1-3-5-15/h6-9,15,18-20,24H,1-5,10-14H2,(H,25,27)(H2,23,26,28). The Morgan fingerprint density at radius 1 is 0.893 bits per heavy atom. The Hall–Kier alpha value is -2.24. The van der Waals surface area contributed by atoms with E-state index in [1.165, 1.54) is 43.4 Å². The lowest BCUT2D eigenvalue weighted by Gasteiger charge is -2.31. The molecule has 2 saturated carbocycles. The zero-order valence-corrected chi connectivity index (χ0v) is 16.5. The number of urea groups is 1. The highest BCUT2D eigenvalue weighted by Gasteiger charge is 2.29. The topological polar surface area (TPSA) is 82.3 Å². The summed E-state index contributed by atoms with van der Waals surface area (Å²) in [4.78, 5) is 23.4. The van der Waals surface area contributed by atoms with E-state index in [1.54, 1.807) is 0 Å². The van der Waals surface area contributed by atoms with Gasteiger partial charge in [-0.2, -0.15) is 0 Å². The van der Waals surface area contributed by atoms with Crippen molar-refractivity contribution in [1.29, 1.82) is 0 Å². The van der Waals surface area contributed by atoms with E-state index in [2.05, 4.69) is 45.5 Å². The Kier molecular flexibility index (Phi) is 6.03. The van der Waals surface area contributed by atoms with Crippen molar-refractivity contribution >= 4 is 17.6 Å². The first-order valence-electron chi connectivity index (χ1n) is 10.9. The van der Waals surface area contributed by atoms with Crippen molar-refractivity contribution in [3.05, 3.63) is 29.8 Å². The van der Waals surface area contributed by atoms with Gasteiger partial charge in [0.15, 0.2) is 0 Å². The lowest BCUT2D eigenvalue weighted by molar-refractivity contribution is -0.123. The average Bonchev–Trinajstić information content (AvgIpc) is 3.17. The molecule has 0 radical (unpaired) electrons. The van der Waals surface area contributed by atoms with Gasteiger partial charge in [0.25, 0.3) is 0 Å². The third kappa shape index (κ3) is 4.78. The molecule has 3 amide bonds. The molecule has 0 bridgehead atoms. The lowest BCUT2D eigenvalue weighted by Crippen LogP contribution is -2.48. The van der Waals surface area contributed by atoms with Crippen molar-refractivity contribution in [2.24, 2.45) is 0 Å². The van der Waals surface area contributed by atoms with Crippen LogP contribution < -0.4 is 21.3 Å². The minimum Gasteiger partial charge on any atom is -0.382 e. The van der Waals surface area contributed by atoms with Crippen molar-refractivity contribution in [2.75, 3.05) is 11.9 Å². The van der Waals surface area contributed by atoms with Gasteiger partial charge in [-0.25, -0.2) is 4.79 Å². The molecule has 6 heteroatoms. The normalized spacial score (nSPS) is 28.3. The van der Waals surface area contributed by atoms with Crippen molar-refractivity contribution in [3.63, 3.8) is 0 Å². The molecule has 4 N–H and O–H groups in total. The van der Waals surface area contributed by atoms with Gasteiger partial charge < -0.3 is 21.3 Å². The maximum atomic E-state index is 12.2. The number of hydrogen-bond acceptors (Lipinski definition) is 3. The molecular weight excluding hydrogens is 352 g/mol. The minimum absolute atomic E-state index is 0.0759. The SMILES string of the molecule is O=C1NCC(C(=O)NC2CCC(Nc3ccc(C4CCCCC4)cc3)CC2)N1. The van der Waals surface area contributed by atoms with Gasteiger partial charge >= 0.3 is 6.03 Å². The largest absolute Gasteiger partial charge is 0.382 e. The van der Waals surface area contributed by atoms with Crippen LogP contribution >= 0.6 is 0 Å². The molecule has 3 aliphatic rings. The second-order valence-corrected chi connectivity index (χ2v) is 8.57. The first-order valence-corrected chi connectivity index (χ1v) is 10.9. The number of hydrogen-bond donors (Lipinski definition) is 4. The van der Waals surface area contributed by atoms with Gasteiger partial charge in [-0.1, -0.05) is 31.4 Å². The summed E-state index contributed by atoms with van der Waals surface area (Å²) in [6.07, 6.45) is 10.8. The number of rotatable bonds is 5. The van der Waals surface area contributed by atoms with Crippen molar-refractivity contribution in [2.45, 2.75) is 81.8 Å². The Morgan fingerprint density at radius 2 is 1.57 bits per heavy atom. The summed E-state index contributed by atoms with van der Waals surface area (Å²) in [6.45, 7) is 0.373. The van der Waals surface area contributed by atoms with Gasteiger partial charge in [-0.15, -0.1) is 0 Å². The van der Waals surface area contributed by atoms with Crippen LogP contribution in [0.15, 0.2) is 24.3 Å². The van der Waals surface area contributed by atoms with Crippen LogP contribution in [0, 0.1) is 0 Å². The van der Waals surface area contributed by atoms with Crippen LogP contribution in [-0.2, 0) is 4.79 Å². The van der Waals surface area contributed by atoms with Crippen LogP contribution in [0.5, 0.6) is 0 Å². The molecule has 1 aromatic rings. The third-order valence-electron chi connectivity index (χ3n) is 6.52. The Morgan fingerprint density at radius 3 is 2.21 bits per heavy atom. The van der Waals surface area contributed by atoms with Gasteiger partial charge in [0.2, 0.25) is 5.91 Å². The van der Waals surface area contributed by atoms with Crippen molar-refractivity contribution < 1.29 is 9.59 Å². The van der Waals surface area contributed by atoms with E-state index in [0.29, 0.717) is 12.6 Å². The van der Waals surface area contributed by atoms with E-state index in [0.717, 1.165) is 31.6 Å². The second-order valence-electron chi connectivity index (χ2n) is 8.57. The summed E-state index contributed by atoms with van der Waals surface area (Å²) >= 11 is 0. The monoisotopic (exact) mass is 384 g/mol. The molecule has 3 fully saturated rings. The molecule has 6 nitrogen and oxygen atoms in total. The number of carbonyl (C=O) groups excluding carboxylic acids is 2. The van der Waals surface area contributed by atoms with E-state index < -0.39 is 6.04 Å². The molecule has 1 aliphatic heterocycles. The van der Waals surface area contributed by atoms with E-state index in [-0.39, 0.29) is 18.0 Å². The van der Waals surface area contributed by atoms with Gasteiger partial charge in [0, 0.05) is 24.3 Å². The molecule has 4 rings (SSSR count). The van der Waals surface area contributed by atoms with E-state index >= 15 is 0 Å². The van der Waals surface area contributed by atoms with Gasteiger partial charge in [0.05, 0.1) is 0 Å². The zero-order chi connectivity index (χ0) is 19.3. The molecule has 1 aromatic carbocycles. The summed E-state index contributed by atoms with van der Waals surface area (Å²) in [5.74, 6) is 0.676. The number of carbonyl (C=O) groups is 2. The second kappa shape index (κ2) is 8.84. The fraction of sp³-hybridized carbons (Fsp3) is 0.636. The highest BCUT2D eigenvalue weighted by Crippen LogP contribution is 2.33. The van der Waals surface area contributed by atoms with Gasteiger partial charge in [-0.05, 0) is 62.1 Å². The minimum atomic E-state index is -0.439. The summed E-state index contributed by atoms with van der Waals surface area (Å²) in [5.41, 5.74) is 2.69. The summed E-state index contributed by atoms with van der Waals surface area (Å²) in [7, 11) is 0. The fourth-order valence-electron chi connectivity index (χ4n) is 4.82. The molecule has 1 atom stereocenters. The number of amides is 3. The molecule has 152 valence electrons. The van der Waals surface area contributed by atoms with Crippen LogP contribution in [0.4, 0.5) is 10.5 Å². The van der Waals surface area contributed by atoms with E-state index in [4.69, 9.17) is 0 Å². The lowest BCUT2D eigenvalue weighted by atomic mass is 9.84. The molecule has 0 spiro atoms. The first-order chi connectivity index (χ1) is 13.7. The molecule has 1 heterocycles. The Balaban J connectivity index is 1.21. The van der Waals surface area contributed by atoms with Crippen LogP contribution in [-0.4, -0.2) is 36.6 Å². The summed E-state index contributed by atoms with van der Waals surface area (Å²) in [6, 6.07) is 9.02. The quantitative estimate of drug-likeness (QED) is 0.629. The van der Waals surface area contributed by atoms with Gasteiger partial charge in [-0.3, -0.25) is 4.79 Å². The Bertz CT molecular complexity index is 676. The maximum Gasteiger partial charge on any atom is 0.315 e. The molecule has 1 unspecified atom stereocenters. The number of anilines is 1. The van der Waals surface area contributed by atoms with Crippen molar-refractivity contribution in [3.8, 4) is 0 Å². The molecule has 1 saturated heterocycles. The average molecular weight is 385 g/mol. The highest BCUT2D eigenvalue weighted by molar-refractivity contribution is 5.90. The zero-order valence-electron chi connectivity index (χ0n) is 16.5. The highest BCUT2D eigenvalue weighted by atomic mass is 16.2. The molecular formula is C22H32N4O2. The summed E-state index contributed by atoms with van der Waals surface area (Å²) < 4.78 is 0. The maximum absolute atomic E-state index is 12.2. The van der Waals surface area contributed by atoms with Crippen LogP contribution in [0.2, 0.25) is 0 Å². The number of nitrogens with one attached hydrogen (secondary N) is 4. The smallest absolute Gasteiger partial charge is 0.315 e. The first kappa shape index (κ1) is 19.1. The fourth-order valence-corrected chi connectivity index (χ4v) is 4.82. The van der Waals surface area contributed by atoms with Crippen LogP contribution in [0.3, 0.4) is 0 Å². The van der Waals surface area contributed by atoms with Crippen LogP contribution in [0.25, 0.3) is 0 Å². The molecule has 0 aromatic heterocycles. The molecule has 2 aliphatic carbocycles. The van der Waals surface area contributed by atoms with E-state index in [9.17, 15) is 9.59 Å². The Labute approximate surface area is 167 Å². The predicted molar refractivity (Wildman–Crippen MR) is 110 cm³/mol. The molecule has 28 heavy (non-hydrogen) atoms. The predicted octanol–water partition coefficient (Wildman–Crippen LogP) is 3.26. The van der Waals surface area contributed by atoms with Crippen molar-refractivity contribution in [1.82, 2.24) is 16.0 Å². The number of benzene rings is 1. The summed E-state index contributed by atoms with van der Waals surface area (Å²) in [5, 5.41) is 12.0. The van der Waals surface area contributed by atoms with Crippen LogP contribution in [0.1, 0.15) is 69.3 Å². The van der Waals surface area contributed by atoms with E-state index in [1.807, 2.05) is 0 Å².